The van der Waals surface area contributed by atoms with Crippen molar-refractivity contribution >= 4 is 50.1 Å². The van der Waals surface area contributed by atoms with Crippen LogP contribution in [0.4, 0.5) is 10.8 Å². The molecule has 1 atom stereocenters. The van der Waals surface area contributed by atoms with Crippen LogP contribution in [-0.2, 0) is 16.1 Å². The lowest BCUT2D eigenvalue weighted by Gasteiger charge is -2.32. The molecule has 1 unspecified atom stereocenters. The number of nitrogens with zero attached hydrogens (tertiary/aromatic N) is 4. The zero-order valence-corrected chi connectivity index (χ0v) is 20.7. The van der Waals surface area contributed by atoms with E-state index in [2.05, 4.69) is 20.6 Å². The van der Waals surface area contributed by atoms with Crippen molar-refractivity contribution in [3.63, 3.8) is 0 Å². The van der Waals surface area contributed by atoms with Gasteiger partial charge in [-0.3, -0.25) is 23.7 Å². The van der Waals surface area contributed by atoms with Gasteiger partial charge in [0, 0.05) is 30.4 Å². The summed E-state index contributed by atoms with van der Waals surface area (Å²) in [6.45, 7) is 6.44. The molecule has 0 spiro atoms. The Labute approximate surface area is 206 Å². The number of anilines is 2. The van der Waals surface area contributed by atoms with Crippen LogP contribution in [0.25, 0.3) is 10.3 Å². The Morgan fingerprint density at radius 3 is 2.63 bits per heavy atom. The Kier molecular flexibility index (Phi) is 7.25. The monoisotopic (exact) mass is 496 g/mol. The molecule has 1 aromatic carbocycles. The molecule has 2 amide bonds. The summed E-state index contributed by atoms with van der Waals surface area (Å²) >= 11 is 1.23. The number of carbonyl (C=O) groups excluding carboxylic acids is 3. The van der Waals surface area contributed by atoms with Crippen molar-refractivity contribution in [2.24, 2.45) is 5.92 Å². The second kappa shape index (κ2) is 10.3. The number of amides is 2. The van der Waals surface area contributed by atoms with Gasteiger partial charge in [-0.2, -0.15) is 4.98 Å². The van der Waals surface area contributed by atoms with Crippen molar-refractivity contribution in [3.05, 3.63) is 46.5 Å². The minimum absolute atomic E-state index is 0.0354. The molecule has 1 saturated heterocycles. The maximum Gasteiger partial charge on any atom is 0.273 e. The molecule has 3 aromatic rings. The van der Waals surface area contributed by atoms with E-state index in [-0.39, 0.29) is 41.7 Å². The highest BCUT2D eigenvalue weighted by Crippen LogP contribution is 2.29. The number of rotatable bonds is 7. The summed E-state index contributed by atoms with van der Waals surface area (Å²) in [4.78, 5) is 60.2. The van der Waals surface area contributed by atoms with Gasteiger partial charge in [0.2, 0.25) is 11.8 Å². The summed E-state index contributed by atoms with van der Waals surface area (Å²) < 4.78 is 1.62. The molecule has 11 heteroatoms. The van der Waals surface area contributed by atoms with Crippen LogP contribution in [0.3, 0.4) is 0 Å². The summed E-state index contributed by atoms with van der Waals surface area (Å²) in [5.41, 5.74) is 1.07. The molecule has 35 heavy (non-hydrogen) atoms. The van der Waals surface area contributed by atoms with E-state index in [1.54, 1.807) is 24.3 Å². The minimum Gasteiger partial charge on any atom is -0.354 e. The largest absolute Gasteiger partial charge is 0.354 e. The van der Waals surface area contributed by atoms with Crippen LogP contribution in [0.5, 0.6) is 0 Å². The number of benzene rings is 1. The Hall–Kier alpha value is -3.60. The van der Waals surface area contributed by atoms with E-state index in [4.69, 9.17) is 0 Å². The van der Waals surface area contributed by atoms with Crippen LogP contribution in [0.1, 0.15) is 44.0 Å². The van der Waals surface area contributed by atoms with Crippen molar-refractivity contribution in [2.45, 2.75) is 46.2 Å². The Bertz CT molecular complexity index is 1310. The number of ketones is 1. The summed E-state index contributed by atoms with van der Waals surface area (Å²) in [6.07, 6.45) is 3.00. The Morgan fingerprint density at radius 2 is 1.94 bits per heavy atom. The molecule has 2 N–H and O–H groups in total. The quantitative estimate of drug-likeness (QED) is 0.481. The summed E-state index contributed by atoms with van der Waals surface area (Å²) in [7, 11) is 0. The fraction of sp³-hybridized carbons (Fsp3) is 0.417. The van der Waals surface area contributed by atoms with Gasteiger partial charge in [-0.25, -0.2) is 4.98 Å². The van der Waals surface area contributed by atoms with E-state index in [9.17, 15) is 19.2 Å². The number of nitrogens with one attached hydrogen (secondary N) is 2. The summed E-state index contributed by atoms with van der Waals surface area (Å²) in [5, 5.41) is 6.34. The van der Waals surface area contributed by atoms with Crippen molar-refractivity contribution in [1.82, 2.24) is 19.9 Å². The van der Waals surface area contributed by atoms with Crippen LogP contribution in [-0.4, -0.2) is 51.3 Å². The average molecular weight is 497 g/mol. The SMILES string of the molecule is CC(=O)c1ccc(NC(=O)Cn2cnc3nc(N4CCCC(C(=O)NC(C)C)C4)sc3c2=O)cc1. The van der Waals surface area contributed by atoms with Gasteiger partial charge in [0.25, 0.3) is 5.56 Å². The third-order valence-corrected chi connectivity index (χ3v) is 6.85. The Balaban J connectivity index is 1.46. The number of hydrogen-bond donors (Lipinski definition) is 2. The molecule has 0 bridgehead atoms. The van der Waals surface area contributed by atoms with Crippen LogP contribution in [0.15, 0.2) is 35.4 Å². The standard InChI is InChI=1S/C24H28N6O4S/c1-14(2)26-22(33)17-5-4-10-29(11-17)24-28-21-20(35-24)23(34)30(13-25-21)12-19(32)27-18-8-6-16(7-9-18)15(3)31/h6-9,13-14,17H,4-5,10-12H2,1-3H3,(H,26,33)(H,27,32). The number of carbonyl (C=O) groups is 3. The molecule has 1 aliphatic heterocycles. The van der Waals surface area contributed by atoms with Gasteiger partial charge in [-0.05, 0) is 57.9 Å². The fourth-order valence-electron chi connectivity index (χ4n) is 3.99. The highest BCUT2D eigenvalue weighted by molar-refractivity contribution is 7.22. The number of thiazole rings is 1. The van der Waals surface area contributed by atoms with Gasteiger partial charge in [0.15, 0.2) is 16.6 Å². The zero-order chi connectivity index (χ0) is 25.1. The molecule has 1 fully saturated rings. The average Bonchev–Trinajstić information content (AvgIpc) is 3.26. The predicted molar refractivity (Wildman–Crippen MR) is 135 cm³/mol. The van der Waals surface area contributed by atoms with E-state index >= 15 is 0 Å². The third-order valence-electron chi connectivity index (χ3n) is 5.76. The van der Waals surface area contributed by atoms with E-state index < -0.39 is 0 Å². The molecule has 4 rings (SSSR count). The van der Waals surface area contributed by atoms with Crippen LogP contribution in [0.2, 0.25) is 0 Å². The van der Waals surface area contributed by atoms with Crippen molar-refractivity contribution in [3.8, 4) is 0 Å². The molecule has 2 aromatic heterocycles. The summed E-state index contributed by atoms with van der Waals surface area (Å²) in [5.74, 6) is -0.538. The first-order valence-electron chi connectivity index (χ1n) is 11.5. The number of Topliss-reactive ketones (excluding diaryl/α,β-unsaturated/α-hetero) is 1. The Morgan fingerprint density at radius 1 is 1.20 bits per heavy atom. The lowest BCUT2D eigenvalue weighted by molar-refractivity contribution is -0.125. The predicted octanol–water partition coefficient (Wildman–Crippen LogP) is 2.44. The maximum absolute atomic E-state index is 13.0. The maximum atomic E-state index is 13.0. The van der Waals surface area contributed by atoms with E-state index in [0.717, 1.165) is 19.4 Å². The first-order valence-corrected chi connectivity index (χ1v) is 12.3. The van der Waals surface area contributed by atoms with Gasteiger partial charge < -0.3 is 15.5 Å². The highest BCUT2D eigenvalue weighted by Gasteiger charge is 2.28. The number of aromatic nitrogens is 3. The topological polar surface area (TPSA) is 126 Å². The van der Waals surface area contributed by atoms with Crippen LogP contribution < -0.4 is 21.1 Å². The molecule has 3 heterocycles. The van der Waals surface area contributed by atoms with Crippen LogP contribution >= 0.6 is 11.3 Å². The van der Waals surface area contributed by atoms with Crippen LogP contribution in [0, 0.1) is 5.92 Å². The normalized spacial score (nSPS) is 15.9. The number of fused-ring (bicyclic) bond motifs is 1. The molecule has 0 radical (unpaired) electrons. The lowest BCUT2D eigenvalue weighted by Crippen LogP contribution is -2.44. The first kappa shape index (κ1) is 24.5. The molecular formula is C24H28N6O4S. The van der Waals surface area contributed by atoms with Gasteiger partial charge in [0.05, 0.1) is 5.92 Å². The fourth-order valence-corrected chi connectivity index (χ4v) is 5.00. The van der Waals surface area contributed by atoms with Gasteiger partial charge in [-0.15, -0.1) is 0 Å². The minimum atomic E-state index is -0.386. The van der Waals surface area contributed by atoms with E-state index in [0.29, 0.717) is 33.3 Å². The highest BCUT2D eigenvalue weighted by atomic mass is 32.1. The van der Waals surface area contributed by atoms with E-state index in [1.807, 2.05) is 18.7 Å². The molecule has 0 aliphatic carbocycles. The zero-order valence-electron chi connectivity index (χ0n) is 19.9. The summed E-state index contributed by atoms with van der Waals surface area (Å²) in [6, 6.07) is 6.63. The molecule has 0 saturated carbocycles. The first-order chi connectivity index (χ1) is 16.7. The number of hydrogen-bond acceptors (Lipinski definition) is 8. The molecule has 1 aliphatic rings. The number of piperidine rings is 1. The van der Waals surface area contributed by atoms with Gasteiger partial charge in [0.1, 0.15) is 17.6 Å². The van der Waals surface area contributed by atoms with Crippen molar-refractivity contribution in [2.75, 3.05) is 23.3 Å². The smallest absolute Gasteiger partial charge is 0.273 e. The second-order valence-corrected chi connectivity index (χ2v) is 9.93. The van der Waals surface area contributed by atoms with Crippen molar-refractivity contribution in [1.29, 1.82) is 0 Å². The van der Waals surface area contributed by atoms with Gasteiger partial charge in [-0.1, -0.05) is 11.3 Å². The third kappa shape index (κ3) is 5.73. The molecule has 184 valence electrons. The molecule has 10 nitrogen and oxygen atoms in total. The van der Waals surface area contributed by atoms with Gasteiger partial charge >= 0.3 is 0 Å². The van der Waals surface area contributed by atoms with E-state index in [1.165, 1.54) is 29.2 Å². The lowest BCUT2D eigenvalue weighted by atomic mass is 9.97. The second-order valence-electron chi connectivity index (χ2n) is 8.96. The van der Waals surface area contributed by atoms with Crippen molar-refractivity contribution < 1.29 is 14.4 Å². The molecular weight excluding hydrogens is 468 g/mol.